The van der Waals surface area contributed by atoms with E-state index in [0.29, 0.717) is 17.4 Å². The Bertz CT molecular complexity index is 1220. The van der Waals surface area contributed by atoms with E-state index in [4.69, 9.17) is 24.5 Å². The van der Waals surface area contributed by atoms with E-state index in [-0.39, 0.29) is 18.6 Å². The van der Waals surface area contributed by atoms with E-state index in [9.17, 15) is 9.36 Å². The van der Waals surface area contributed by atoms with Gasteiger partial charge in [-0.15, -0.1) is 0 Å². The van der Waals surface area contributed by atoms with Crippen molar-refractivity contribution in [1.82, 2.24) is 15.1 Å². The van der Waals surface area contributed by atoms with Gasteiger partial charge in [0.1, 0.15) is 29.8 Å². The summed E-state index contributed by atoms with van der Waals surface area (Å²) in [5.74, 6) is 0.232. The van der Waals surface area contributed by atoms with E-state index in [2.05, 4.69) is 15.1 Å². The van der Waals surface area contributed by atoms with Crippen molar-refractivity contribution < 1.29 is 32.5 Å². The molecule has 5 unspecified atom stereocenters. The first-order valence-corrected chi connectivity index (χ1v) is 13.4. The van der Waals surface area contributed by atoms with Crippen LogP contribution in [0.1, 0.15) is 31.7 Å². The van der Waals surface area contributed by atoms with Crippen LogP contribution in [0.5, 0.6) is 5.75 Å². The lowest BCUT2D eigenvalue weighted by Crippen LogP contribution is -2.39. The minimum atomic E-state index is -3.81. The predicted octanol–water partition coefficient (Wildman–Crippen LogP) is 3.06. The third-order valence-corrected chi connectivity index (χ3v) is 7.88. The molecule has 3 heterocycles. The van der Waals surface area contributed by atoms with Gasteiger partial charge >= 0.3 is 13.5 Å². The largest absolute Gasteiger partial charge is 0.465 e. The number of halogens is 1. The Morgan fingerprint density at radius 2 is 2.14 bits per heavy atom. The van der Waals surface area contributed by atoms with Crippen LogP contribution in [-0.2, 0) is 23.6 Å². The Morgan fingerprint density at radius 3 is 2.89 bits per heavy atom. The number of nitrogen functional groups attached to an aromatic ring is 1. The number of ether oxygens (including phenoxy) is 3. The number of nitrogens with zero attached hydrogens (tertiary/aromatic N) is 3. The molecule has 1 aromatic carbocycles. The van der Waals surface area contributed by atoms with Gasteiger partial charge in [0.05, 0.1) is 6.61 Å². The highest BCUT2D eigenvalue weighted by Gasteiger charge is 2.57. The number of rotatable bonds is 10. The Morgan fingerprint density at radius 1 is 1.36 bits per heavy atom. The van der Waals surface area contributed by atoms with Crippen LogP contribution < -0.4 is 20.2 Å². The molecule has 0 radical (unpaired) electrons. The predicted molar refractivity (Wildman–Crippen MR) is 128 cm³/mol. The SMILES string of the molecule is CCOC(=O)C(C)NP(=O)(COC1C=C(F)[C@H](N2c3ncnc(N)c3C3CC32)O1)Oc1ccccc1. The summed E-state index contributed by atoms with van der Waals surface area (Å²) in [6.45, 7) is 3.35. The first-order chi connectivity index (χ1) is 17.3. The summed E-state index contributed by atoms with van der Waals surface area (Å²) < 4.78 is 50.9. The van der Waals surface area contributed by atoms with Gasteiger partial charge < -0.3 is 29.4 Å². The second kappa shape index (κ2) is 9.78. The topological polar surface area (TPSA) is 138 Å². The van der Waals surface area contributed by atoms with Gasteiger partial charge in [-0.1, -0.05) is 18.2 Å². The van der Waals surface area contributed by atoms with Crippen molar-refractivity contribution >= 4 is 25.1 Å². The van der Waals surface area contributed by atoms with Crippen LogP contribution in [0.25, 0.3) is 0 Å². The molecular weight excluding hydrogens is 492 g/mol. The number of fused-ring (bicyclic) bond motifs is 3. The van der Waals surface area contributed by atoms with Gasteiger partial charge in [-0.3, -0.25) is 9.36 Å². The lowest BCUT2D eigenvalue weighted by atomic mass is 10.2. The highest BCUT2D eigenvalue weighted by atomic mass is 31.2. The summed E-state index contributed by atoms with van der Waals surface area (Å²) in [7, 11) is -3.81. The van der Waals surface area contributed by atoms with Gasteiger partial charge in [0.2, 0.25) is 0 Å². The number of hydrogen-bond acceptors (Lipinski definition) is 10. The zero-order valence-corrected chi connectivity index (χ0v) is 20.6. The van der Waals surface area contributed by atoms with Gasteiger partial charge in [-0.2, -0.15) is 0 Å². The summed E-state index contributed by atoms with van der Waals surface area (Å²) in [6.07, 6.45) is 0.629. The molecule has 36 heavy (non-hydrogen) atoms. The minimum Gasteiger partial charge on any atom is -0.465 e. The fourth-order valence-corrected chi connectivity index (χ4v) is 6.14. The summed E-state index contributed by atoms with van der Waals surface area (Å²) in [5, 5.41) is 2.68. The number of anilines is 2. The van der Waals surface area contributed by atoms with Crippen molar-refractivity contribution in [3.05, 3.63) is 54.1 Å². The summed E-state index contributed by atoms with van der Waals surface area (Å²) in [6, 6.07) is 7.53. The standard InChI is InChI=1S/C23H27FN5O6P/c1-3-32-23(30)13(2)28-36(31,35-14-7-5-4-6-8-14)12-33-18-10-16(24)22(34-18)29-17-9-15(17)19-20(25)26-11-27-21(19)29/h4-8,10-11,13,15,17-18,22H,3,9,12H2,1-2H3,(H,28,31)(H2,25,26,27)/t13?,15?,17?,18?,22-,36?/m1/s1. The van der Waals surface area contributed by atoms with E-state index < -0.39 is 44.2 Å². The van der Waals surface area contributed by atoms with Crippen LogP contribution in [0.4, 0.5) is 16.0 Å². The second-order valence-corrected chi connectivity index (χ2v) is 10.7. The molecule has 2 aromatic rings. The number of para-hydroxylation sites is 1. The van der Waals surface area contributed by atoms with Gasteiger partial charge in [0.15, 0.2) is 24.7 Å². The third-order valence-electron chi connectivity index (χ3n) is 6.11. The van der Waals surface area contributed by atoms with Gasteiger partial charge in [-0.25, -0.2) is 19.4 Å². The lowest BCUT2D eigenvalue weighted by molar-refractivity contribution is -0.144. The maximum Gasteiger partial charge on any atom is 0.342 e. The quantitative estimate of drug-likeness (QED) is 0.354. The molecule has 0 saturated heterocycles. The molecule has 1 fully saturated rings. The van der Waals surface area contributed by atoms with Crippen LogP contribution >= 0.6 is 7.52 Å². The number of nitrogens with one attached hydrogen (secondary N) is 1. The number of aromatic nitrogens is 2. The first-order valence-electron chi connectivity index (χ1n) is 11.6. The number of benzene rings is 1. The molecule has 1 aromatic heterocycles. The molecule has 11 nitrogen and oxygen atoms in total. The average Bonchev–Trinajstić information content (AvgIpc) is 3.42. The van der Waals surface area contributed by atoms with Crippen molar-refractivity contribution in [1.29, 1.82) is 0 Å². The maximum atomic E-state index is 15.0. The third kappa shape index (κ3) is 4.81. The number of nitrogens with two attached hydrogens (primary N) is 1. The van der Waals surface area contributed by atoms with Gasteiger partial charge in [0.25, 0.3) is 0 Å². The molecule has 13 heteroatoms. The fourth-order valence-electron chi connectivity index (χ4n) is 4.46. The first kappa shape index (κ1) is 24.6. The molecule has 192 valence electrons. The zero-order chi connectivity index (χ0) is 25.4. The monoisotopic (exact) mass is 519 g/mol. The van der Waals surface area contributed by atoms with E-state index in [0.717, 1.165) is 12.0 Å². The van der Waals surface area contributed by atoms with E-state index in [1.165, 1.54) is 19.3 Å². The van der Waals surface area contributed by atoms with E-state index >= 15 is 4.39 Å². The van der Waals surface area contributed by atoms with Crippen molar-refractivity contribution in [3.63, 3.8) is 0 Å². The van der Waals surface area contributed by atoms with E-state index in [1.54, 1.807) is 42.2 Å². The molecule has 1 aliphatic carbocycles. The molecule has 0 spiro atoms. The summed E-state index contributed by atoms with van der Waals surface area (Å²) in [4.78, 5) is 22.2. The Balaban J connectivity index is 1.28. The molecule has 1 saturated carbocycles. The van der Waals surface area contributed by atoms with Crippen LogP contribution in [0.15, 0.2) is 48.6 Å². The Kier molecular flexibility index (Phi) is 6.69. The zero-order valence-electron chi connectivity index (χ0n) is 19.7. The molecule has 3 N–H and O–H groups in total. The minimum absolute atomic E-state index is 0.0153. The van der Waals surface area contributed by atoms with Gasteiger partial charge in [0, 0.05) is 23.6 Å². The number of esters is 1. The maximum absolute atomic E-state index is 15.0. The molecular formula is C23H27FN5O6P. The second-order valence-electron chi connectivity index (χ2n) is 8.70. The Hall–Kier alpha value is -3.05. The molecule has 5 rings (SSSR count). The average molecular weight is 519 g/mol. The molecule has 6 atom stereocenters. The van der Waals surface area contributed by atoms with Gasteiger partial charge in [-0.05, 0) is 32.4 Å². The molecule has 0 amide bonds. The van der Waals surface area contributed by atoms with Crippen molar-refractivity contribution in [2.24, 2.45) is 0 Å². The fraction of sp³-hybridized carbons (Fsp3) is 0.435. The molecule has 2 aliphatic heterocycles. The van der Waals surface area contributed by atoms with Crippen molar-refractivity contribution in [3.8, 4) is 5.75 Å². The molecule has 0 bridgehead atoms. The lowest BCUT2D eigenvalue weighted by Gasteiger charge is -2.28. The van der Waals surface area contributed by atoms with Crippen LogP contribution in [0.3, 0.4) is 0 Å². The highest BCUT2D eigenvalue weighted by Crippen LogP contribution is 2.58. The summed E-state index contributed by atoms with van der Waals surface area (Å²) in [5.41, 5.74) is 6.82. The number of carbonyl (C=O) groups excluding carboxylic acids is 1. The number of hydrogen-bond donors (Lipinski definition) is 2. The van der Waals surface area contributed by atoms with Crippen LogP contribution in [0, 0.1) is 0 Å². The molecule has 3 aliphatic rings. The Labute approximate surface area is 207 Å². The number of carbonyl (C=O) groups is 1. The van der Waals surface area contributed by atoms with Crippen molar-refractivity contribution in [2.45, 2.75) is 50.8 Å². The van der Waals surface area contributed by atoms with Crippen molar-refractivity contribution in [2.75, 3.05) is 23.6 Å². The van der Waals surface area contributed by atoms with Crippen LogP contribution in [0.2, 0.25) is 0 Å². The van der Waals surface area contributed by atoms with Crippen LogP contribution in [-0.4, -0.2) is 53.5 Å². The van der Waals surface area contributed by atoms with E-state index in [1.807, 2.05) is 0 Å². The summed E-state index contributed by atoms with van der Waals surface area (Å²) >= 11 is 0. The smallest absolute Gasteiger partial charge is 0.342 e. The normalized spacial score (nSPS) is 26.4. The highest BCUT2D eigenvalue weighted by molar-refractivity contribution is 7.57.